The van der Waals surface area contributed by atoms with Gasteiger partial charge in [0.05, 0.1) is 28.5 Å². The Kier molecular flexibility index (Phi) is 4.52. The number of carbonyl (C=O) groups excluding carboxylic acids is 4. The van der Waals surface area contributed by atoms with Crippen molar-refractivity contribution in [1.82, 2.24) is 4.90 Å². The summed E-state index contributed by atoms with van der Waals surface area (Å²) in [6.45, 7) is 1.13. The summed E-state index contributed by atoms with van der Waals surface area (Å²) in [5.41, 5.74) is 3.24. The Labute approximate surface area is 165 Å². The molecule has 0 aromatic heterocycles. The molecule has 0 bridgehead atoms. The van der Waals surface area contributed by atoms with Crippen molar-refractivity contribution in [2.45, 2.75) is 13.0 Å². The van der Waals surface area contributed by atoms with Gasteiger partial charge in [0.2, 0.25) is 11.7 Å². The third kappa shape index (κ3) is 3.55. The van der Waals surface area contributed by atoms with Crippen LogP contribution in [0.15, 0.2) is 86.8 Å². The fourth-order valence-electron chi connectivity index (χ4n) is 3.07. The van der Waals surface area contributed by atoms with Gasteiger partial charge in [-0.15, -0.1) is 0 Å². The van der Waals surface area contributed by atoms with Gasteiger partial charge >= 0.3 is 5.91 Å². The molecule has 1 unspecified atom stereocenters. The molecule has 4 rings (SSSR count). The summed E-state index contributed by atoms with van der Waals surface area (Å²) < 4.78 is 0. The molecule has 0 aliphatic carbocycles. The first kappa shape index (κ1) is 18.3. The van der Waals surface area contributed by atoms with E-state index in [0.29, 0.717) is 22.0 Å². The van der Waals surface area contributed by atoms with Gasteiger partial charge in [0, 0.05) is 13.1 Å². The SMILES string of the molecule is CC(=O)N1C(=O)C(=O)C(=O)C1C=C1C=CC(C=C2C=CC(C=C3C=CC=N3)=N2)=N1. The number of rotatable bonds is 3. The molecule has 4 heterocycles. The number of nitrogens with zero attached hydrogens (tertiary/aromatic N) is 4. The van der Waals surface area contributed by atoms with E-state index >= 15 is 0 Å². The highest BCUT2D eigenvalue weighted by molar-refractivity contribution is 6.69. The Balaban J connectivity index is 1.54. The van der Waals surface area contributed by atoms with Gasteiger partial charge in [0.25, 0.3) is 5.78 Å². The van der Waals surface area contributed by atoms with Crippen LogP contribution in [0.4, 0.5) is 0 Å². The molecule has 0 radical (unpaired) electrons. The van der Waals surface area contributed by atoms with Gasteiger partial charge in [0.1, 0.15) is 6.04 Å². The lowest BCUT2D eigenvalue weighted by Gasteiger charge is -2.15. The van der Waals surface area contributed by atoms with Crippen molar-refractivity contribution in [3.05, 3.63) is 71.8 Å². The average molecular weight is 386 g/mol. The van der Waals surface area contributed by atoms with E-state index in [4.69, 9.17) is 0 Å². The maximum absolute atomic E-state index is 12.0. The summed E-state index contributed by atoms with van der Waals surface area (Å²) in [5.74, 6) is -3.90. The van der Waals surface area contributed by atoms with Gasteiger partial charge < -0.3 is 0 Å². The standard InChI is InChI=1S/C21H14N4O4/c1-12(26)25-18(19(27)20(28)21(25)29)11-17-7-6-16(24-17)10-15-5-4-14(23-15)9-13-3-2-8-22-13/h2-11,18H,1H3. The van der Waals surface area contributed by atoms with Crippen LogP contribution in [0.5, 0.6) is 0 Å². The van der Waals surface area contributed by atoms with Crippen molar-refractivity contribution < 1.29 is 19.2 Å². The Bertz CT molecular complexity index is 1130. The van der Waals surface area contributed by atoms with Crippen LogP contribution in [0.1, 0.15) is 6.92 Å². The van der Waals surface area contributed by atoms with Crippen molar-refractivity contribution in [1.29, 1.82) is 0 Å². The van der Waals surface area contributed by atoms with E-state index in [1.165, 1.54) is 6.08 Å². The molecular weight excluding hydrogens is 372 g/mol. The van der Waals surface area contributed by atoms with Crippen molar-refractivity contribution in [3.8, 4) is 0 Å². The number of likely N-dealkylation sites (tertiary alicyclic amines) is 1. The maximum atomic E-state index is 12.0. The molecule has 1 saturated heterocycles. The smallest absolute Gasteiger partial charge is 0.287 e. The van der Waals surface area contributed by atoms with Gasteiger partial charge in [-0.2, -0.15) is 0 Å². The molecule has 0 aromatic carbocycles. The number of ketones is 2. The minimum atomic E-state index is -1.26. The molecule has 8 heteroatoms. The van der Waals surface area contributed by atoms with Crippen LogP contribution in [0.25, 0.3) is 0 Å². The van der Waals surface area contributed by atoms with Gasteiger partial charge in [-0.05, 0) is 54.7 Å². The van der Waals surface area contributed by atoms with Gasteiger partial charge in [-0.1, -0.05) is 0 Å². The van der Waals surface area contributed by atoms with E-state index in [9.17, 15) is 19.2 Å². The second-order valence-corrected chi connectivity index (χ2v) is 6.44. The number of hydrogen-bond donors (Lipinski definition) is 0. The molecule has 0 aromatic rings. The summed E-state index contributed by atoms with van der Waals surface area (Å²) in [7, 11) is 0. The van der Waals surface area contributed by atoms with E-state index < -0.39 is 29.4 Å². The predicted molar refractivity (Wildman–Crippen MR) is 106 cm³/mol. The average Bonchev–Trinajstić information content (AvgIpc) is 3.45. The number of hydrogen-bond acceptors (Lipinski definition) is 7. The van der Waals surface area contributed by atoms with Crippen LogP contribution < -0.4 is 0 Å². The first-order valence-corrected chi connectivity index (χ1v) is 8.74. The predicted octanol–water partition coefficient (Wildman–Crippen LogP) is 1.20. The third-order valence-corrected chi connectivity index (χ3v) is 4.39. The number of allylic oxidation sites excluding steroid dienone is 8. The van der Waals surface area contributed by atoms with Crippen LogP contribution in [0.2, 0.25) is 0 Å². The summed E-state index contributed by atoms with van der Waals surface area (Å²) in [5, 5.41) is 0. The first-order valence-electron chi connectivity index (χ1n) is 8.74. The van der Waals surface area contributed by atoms with Crippen LogP contribution in [0, 0.1) is 0 Å². The van der Waals surface area contributed by atoms with Crippen LogP contribution >= 0.6 is 0 Å². The zero-order valence-electron chi connectivity index (χ0n) is 15.3. The van der Waals surface area contributed by atoms with E-state index in [2.05, 4.69) is 15.0 Å². The van der Waals surface area contributed by atoms with Gasteiger partial charge in [-0.25, -0.2) is 9.98 Å². The van der Waals surface area contributed by atoms with E-state index in [0.717, 1.165) is 18.3 Å². The van der Waals surface area contributed by atoms with Crippen molar-refractivity contribution in [2.24, 2.45) is 15.0 Å². The molecule has 142 valence electrons. The molecule has 8 nitrogen and oxygen atoms in total. The molecule has 0 spiro atoms. The van der Waals surface area contributed by atoms with Gasteiger partial charge in [-0.3, -0.25) is 29.1 Å². The van der Waals surface area contributed by atoms with Crippen molar-refractivity contribution in [2.75, 3.05) is 0 Å². The molecule has 2 amide bonds. The Morgan fingerprint density at radius 2 is 1.59 bits per heavy atom. The Hall–Kier alpha value is -4.07. The van der Waals surface area contributed by atoms with Crippen molar-refractivity contribution >= 4 is 41.0 Å². The molecule has 4 aliphatic rings. The normalized spacial score (nSPS) is 26.8. The number of carbonyl (C=O) groups is 4. The maximum Gasteiger partial charge on any atom is 0.305 e. The number of imide groups is 1. The summed E-state index contributed by atoms with van der Waals surface area (Å²) in [6, 6.07) is -1.26. The van der Waals surface area contributed by atoms with E-state index in [1.54, 1.807) is 24.4 Å². The van der Waals surface area contributed by atoms with E-state index in [1.807, 2.05) is 30.4 Å². The van der Waals surface area contributed by atoms with Gasteiger partial charge in [0.15, 0.2) is 0 Å². The summed E-state index contributed by atoms with van der Waals surface area (Å²) >= 11 is 0. The number of aliphatic imine (C=N–C) groups is 3. The lowest BCUT2D eigenvalue weighted by Crippen LogP contribution is -2.38. The fourth-order valence-corrected chi connectivity index (χ4v) is 3.07. The minimum absolute atomic E-state index is 0.377. The molecule has 0 saturated carbocycles. The van der Waals surface area contributed by atoms with E-state index in [-0.39, 0.29) is 0 Å². The van der Waals surface area contributed by atoms with Crippen LogP contribution in [-0.2, 0) is 19.2 Å². The lowest BCUT2D eigenvalue weighted by molar-refractivity contribution is -0.147. The minimum Gasteiger partial charge on any atom is -0.287 e. The number of amides is 2. The highest BCUT2D eigenvalue weighted by atomic mass is 16.2. The Morgan fingerprint density at radius 3 is 2.24 bits per heavy atom. The first-order chi connectivity index (χ1) is 13.9. The lowest BCUT2D eigenvalue weighted by atomic mass is 10.1. The monoisotopic (exact) mass is 386 g/mol. The topological polar surface area (TPSA) is 109 Å². The quantitative estimate of drug-likeness (QED) is 0.679. The second-order valence-electron chi connectivity index (χ2n) is 6.44. The molecule has 4 aliphatic heterocycles. The van der Waals surface area contributed by atoms with Crippen LogP contribution in [0.3, 0.4) is 0 Å². The third-order valence-electron chi connectivity index (χ3n) is 4.39. The zero-order chi connectivity index (χ0) is 20.5. The largest absolute Gasteiger partial charge is 0.305 e. The molecule has 1 atom stereocenters. The van der Waals surface area contributed by atoms with Crippen LogP contribution in [-0.4, -0.2) is 52.0 Å². The molecular formula is C21H14N4O4. The fraction of sp³-hybridized carbons (Fsp3) is 0.0952. The molecule has 1 fully saturated rings. The molecule has 29 heavy (non-hydrogen) atoms. The second kappa shape index (κ2) is 7.16. The number of Topliss-reactive ketones (excluding diaryl/α,β-unsaturated/α-hetero) is 2. The van der Waals surface area contributed by atoms with Crippen molar-refractivity contribution in [3.63, 3.8) is 0 Å². The summed E-state index contributed by atoms with van der Waals surface area (Å²) in [4.78, 5) is 60.7. The highest BCUT2D eigenvalue weighted by Crippen LogP contribution is 2.20. The molecule has 0 N–H and O–H groups in total. The summed E-state index contributed by atoms with van der Waals surface area (Å²) in [6.07, 6.45) is 17.4. The highest BCUT2D eigenvalue weighted by Gasteiger charge is 2.47. The Morgan fingerprint density at radius 1 is 0.931 bits per heavy atom. The zero-order valence-corrected chi connectivity index (χ0v) is 15.3.